The first-order valence-electron chi connectivity index (χ1n) is 7.43. The van der Waals surface area contributed by atoms with Crippen molar-refractivity contribution in [3.63, 3.8) is 0 Å². The first-order valence-corrected chi connectivity index (χ1v) is 10.1. The molecule has 1 aliphatic carbocycles. The molecule has 0 aliphatic heterocycles. The zero-order valence-corrected chi connectivity index (χ0v) is 14.5. The van der Waals surface area contributed by atoms with Gasteiger partial charge in [-0.15, -0.1) is 11.3 Å². The van der Waals surface area contributed by atoms with Crippen LogP contribution in [0.2, 0.25) is 0 Å². The lowest BCUT2D eigenvalue weighted by Gasteiger charge is -2.20. The zero-order chi connectivity index (χ0) is 15.7. The molecule has 2 aromatic rings. The predicted molar refractivity (Wildman–Crippen MR) is 90.4 cm³/mol. The van der Waals surface area contributed by atoms with Gasteiger partial charge in [0.05, 0.1) is 22.8 Å². The average molecular weight is 336 g/mol. The number of nitrogens with zero attached hydrogens (tertiary/aromatic N) is 2. The Balaban J connectivity index is 1.86. The second-order valence-electron chi connectivity index (χ2n) is 5.78. The fourth-order valence-corrected chi connectivity index (χ4v) is 4.99. The fourth-order valence-electron chi connectivity index (χ4n) is 2.85. The van der Waals surface area contributed by atoms with E-state index in [-0.39, 0.29) is 0 Å². The average Bonchev–Trinajstić information content (AvgIpc) is 2.88. The Morgan fingerprint density at radius 2 is 1.95 bits per heavy atom. The summed E-state index contributed by atoms with van der Waals surface area (Å²) in [7, 11) is -1.31. The summed E-state index contributed by atoms with van der Waals surface area (Å²) >= 11 is 1.77. The topological polar surface area (TPSA) is 50.3 Å². The van der Waals surface area contributed by atoms with Crippen molar-refractivity contribution >= 4 is 26.9 Å². The minimum absolute atomic E-state index is 0.374. The smallest absolute Gasteiger partial charge is 0.177 e. The molecule has 0 unspecified atom stereocenters. The van der Waals surface area contributed by atoms with Crippen LogP contribution in [0.25, 0.3) is 0 Å². The standard InChI is InChI=1S/C16H20N2O2S2/c1-18(13-8-4-6-10-15(13)22(2,19)20)11-16-17-12-7-3-5-9-14(12)21-16/h4,6,8,10H,3,5,7,9,11H2,1-2H3. The summed E-state index contributed by atoms with van der Waals surface area (Å²) in [6.45, 7) is 0.643. The number of para-hydroxylation sites is 1. The molecule has 118 valence electrons. The molecular formula is C16H20N2O2S2. The van der Waals surface area contributed by atoms with E-state index in [0.717, 1.165) is 23.5 Å². The Morgan fingerprint density at radius 1 is 1.23 bits per heavy atom. The number of hydrogen-bond acceptors (Lipinski definition) is 5. The van der Waals surface area contributed by atoms with E-state index >= 15 is 0 Å². The number of benzene rings is 1. The molecule has 0 radical (unpaired) electrons. The maximum atomic E-state index is 11.9. The van der Waals surface area contributed by atoms with Crippen molar-refractivity contribution < 1.29 is 8.42 Å². The van der Waals surface area contributed by atoms with Crippen LogP contribution in [0.1, 0.15) is 28.4 Å². The Kier molecular flexibility index (Phi) is 4.23. The Morgan fingerprint density at radius 3 is 2.68 bits per heavy atom. The highest BCUT2D eigenvalue weighted by Gasteiger charge is 2.19. The van der Waals surface area contributed by atoms with Crippen molar-refractivity contribution in [1.82, 2.24) is 4.98 Å². The van der Waals surface area contributed by atoms with Crippen LogP contribution in [0.5, 0.6) is 0 Å². The van der Waals surface area contributed by atoms with Gasteiger partial charge in [0.1, 0.15) is 5.01 Å². The van der Waals surface area contributed by atoms with Crippen LogP contribution in [0.3, 0.4) is 0 Å². The van der Waals surface area contributed by atoms with Gasteiger partial charge in [-0.05, 0) is 37.8 Å². The third-order valence-electron chi connectivity index (χ3n) is 3.94. The van der Waals surface area contributed by atoms with E-state index < -0.39 is 9.84 Å². The molecule has 0 spiro atoms. The lowest BCUT2D eigenvalue weighted by atomic mass is 10.0. The SMILES string of the molecule is CN(Cc1nc2c(s1)CCCC2)c1ccccc1S(C)(=O)=O. The van der Waals surface area contributed by atoms with Crippen LogP contribution in [0.4, 0.5) is 5.69 Å². The number of hydrogen-bond donors (Lipinski definition) is 0. The first-order chi connectivity index (χ1) is 10.4. The van der Waals surface area contributed by atoms with E-state index in [1.165, 1.54) is 29.7 Å². The Bertz CT molecular complexity index is 758. The number of anilines is 1. The highest BCUT2D eigenvalue weighted by atomic mass is 32.2. The molecule has 1 heterocycles. The van der Waals surface area contributed by atoms with Crippen molar-refractivity contribution in [2.45, 2.75) is 37.1 Å². The fraction of sp³-hybridized carbons (Fsp3) is 0.438. The summed E-state index contributed by atoms with van der Waals surface area (Å²) in [4.78, 5) is 8.49. The number of rotatable bonds is 4. The van der Waals surface area contributed by atoms with Crippen LogP contribution in [-0.2, 0) is 29.2 Å². The summed E-state index contributed by atoms with van der Waals surface area (Å²) in [5.74, 6) is 0. The second kappa shape index (κ2) is 6.01. The first kappa shape index (κ1) is 15.5. The van der Waals surface area contributed by atoms with E-state index in [1.54, 1.807) is 23.5 Å². The molecule has 0 fully saturated rings. The third kappa shape index (κ3) is 3.17. The van der Waals surface area contributed by atoms with Gasteiger partial charge in [0.2, 0.25) is 0 Å². The van der Waals surface area contributed by atoms with Crippen molar-refractivity contribution in [3.05, 3.63) is 39.8 Å². The van der Waals surface area contributed by atoms with Gasteiger partial charge in [-0.3, -0.25) is 0 Å². The van der Waals surface area contributed by atoms with Gasteiger partial charge in [-0.25, -0.2) is 13.4 Å². The molecule has 0 amide bonds. The van der Waals surface area contributed by atoms with E-state index in [9.17, 15) is 8.42 Å². The Labute approximate surface area is 135 Å². The van der Waals surface area contributed by atoms with E-state index in [0.29, 0.717) is 11.4 Å². The summed E-state index contributed by atoms with van der Waals surface area (Å²) in [6, 6.07) is 7.14. The normalized spacial score (nSPS) is 14.6. The highest BCUT2D eigenvalue weighted by Crippen LogP contribution is 2.29. The van der Waals surface area contributed by atoms with E-state index in [4.69, 9.17) is 4.98 Å². The molecule has 0 atom stereocenters. The summed E-state index contributed by atoms with van der Waals surface area (Å²) < 4.78 is 23.9. The predicted octanol–water partition coefficient (Wildman–Crippen LogP) is 3.06. The lowest BCUT2D eigenvalue weighted by Crippen LogP contribution is -2.19. The molecule has 1 aromatic heterocycles. The minimum atomic E-state index is -3.23. The van der Waals surface area contributed by atoms with Crippen molar-refractivity contribution in [3.8, 4) is 0 Å². The molecule has 4 nitrogen and oxygen atoms in total. The van der Waals surface area contributed by atoms with Crippen molar-refractivity contribution in [2.24, 2.45) is 0 Å². The lowest BCUT2D eigenvalue weighted by molar-refractivity contribution is 0.601. The molecule has 22 heavy (non-hydrogen) atoms. The van der Waals surface area contributed by atoms with Crippen molar-refractivity contribution in [1.29, 1.82) is 0 Å². The van der Waals surface area contributed by atoms with E-state index in [2.05, 4.69) is 0 Å². The quantitative estimate of drug-likeness (QED) is 0.861. The number of aromatic nitrogens is 1. The summed E-state index contributed by atoms with van der Waals surface area (Å²) in [5.41, 5.74) is 1.98. The molecule has 0 N–H and O–H groups in total. The largest absolute Gasteiger partial charge is 0.367 e. The molecule has 6 heteroatoms. The van der Waals surface area contributed by atoms with Gasteiger partial charge in [0.15, 0.2) is 9.84 Å². The second-order valence-corrected chi connectivity index (χ2v) is 8.93. The monoisotopic (exact) mass is 336 g/mol. The van der Waals surface area contributed by atoms with Crippen molar-refractivity contribution in [2.75, 3.05) is 18.2 Å². The Hall–Kier alpha value is -1.40. The van der Waals surface area contributed by atoms with Gasteiger partial charge in [-0.2, -0.15) is 0 Å². The van der Waals surface area contributed by atoms with Gasteiger partial charge in [0.25, 0.3) is 0 Å². The van der Waals surface area contributed by atoms with Crippen LogP contribution < -0.4 is 4.90 Å². The van der Waals surface area contributed by atoms with Crippen LogP contribution in [0, 0.1) is 0 Å². The molecule has 0 saturated carbocycles. The molecule has 0 bridgehead atoms. The highest BCUT2D eigenvalue weighted by molar-refractivity contribution is 7.90. The van der Waals surface area contributed by atoms with Gasteiger partial charge in [0, 0.05) is 18.2 Å². The molecular weight excluding hydrogens is 316 g/mol. The molecule has 1 aromatic carbocycles. The maximum Gasteiger partial charge on any atom is 0.177 e. The van der Waals surface area contributed by atoms with E-state index in [1.807, 2.05) is 24.1 Å². The van der Waals surface area contributed by atoms with Crippen LogP contribution >= 0.6 is 11.3 Å². The molecule has 3 rings (SSSR count). The minimum Gasteiger partial charge on any atom is -0.367 e. The van der Waals surface area contributed by atoms with Crippen LogP contribution in [-0.4, -0.2) is 26.7 Å². The zero-order valence-electron chi connectivity index (χ0n) is 12.9. The van der Waals surface area contributed by atoms with Crippen LogP contribution in [0.15, 0.2) is 29.2 Å². The number of fused-ring (bicyclic) bond motifs is 1. The maximum absolute atomic E-state index is 11.9. The third-order valence-corrected chi connectivity index (χ3v) is 6.22. The number of sulfone groups is 1. The number of aryl methyl sites for hydroxylation is 2. The number of thiazole rings is 1. The van der Waals surface area contributed by atoms with Gasteiger partial charge >= 0.3 is 0 Å². The molecule has 1 aliphatic rings. The molecule has 0 saturated heterocycles. The van der Waals surface area contributed by atoms with Gasteiger partial charge in [-0.1, -0.05) is 12.1 Å². The summed E-state index contributed by atoms with van der Waals surface area (Å²) in [6.07, 6.45) is 5.94. The van der Waals surface area contributed by atoms with Gasteiger partial charge < -0.3 is 4.90 Å². The summed E-state index contributed by atoms with van der Waals surface area (Å²) in [5, 5.41) is 1.07.